The molecule has 5 heteroatoms. The van der Waals surface area contributed by atoms with Crippen LogP contribution in [0, 0.1) is 0 Å². The largest absolute Gasteiger partial charge is 0.366 e. The number of hydrogen-bond donors (Lipinski definition) is 1. The van der Waals surface area contributed by atoms with Crippen LogP contribution in [0.5, 0.6) is 0 Å². The second-order valence-corrected chi connectivity index (χ2v) is 8.86. The molecule has 2 aliphatic rings. The normalized spacial score (nSPS) is 23.4. The minimum Gasteiger partial charge on any atom is -0.366 e. The molecule has 0 bridgehead atoms. The van der Waals surface area contributed by atoms with Crippen molar-refractivity contribution >= 4 is 17.2 Å². The summed E-state index contributed by atoms with van der Waals surface area (Å²) in [6.07, 6.45) is 0.270. The summed E-state index contributed by atoms with van der Waals surface area (Å²) >= 11 is 1.65. The molecule has 2 aromatic carbocycles. The van der Waals surface area contributed by atoms with Gasteiger partial charge in [0.15, 0.2) is 0 Å². The fourth-order valence-electron chi connectivity index (χ4n) is 4.59. The fourth-order valence-corrected chi connectivity index (χ4v) is 5.24. The molecule has 0 radical (unpaired) electrons. The van der Waals surface area contributed by atoms with Crippen molar-refractivity contribution in [3.05, 3.63) is 93.7 Å². The Morgan fingerprint density at radius 3 is 2.76 bits per heavy atom. The molecule has 5 rings (SSSR count). The van der Waals surface area contributed by atoms with E-state index in [1.165, 1.54) is 16.7 Å². The number of rotatable bonds is 5. The maximum Gasteiger partial charge on any atom is 0.249 e. The lowest BCUT2D eigenvalue weighted by Crippen LogP contribution is -2.42. The first-order valence-corrected chi connectivity index (χ1v) is 10.9. The number of carbonyl (C=O) groups excluding carboxylic acids is 1. The van der Waals surface area contributed by atoms with Gasteiger partial charge >= 0.3 is 0 Å². The summed E-state index contributed by atoms with van der Waals surface area (Å²) in [7, 11) is 0. The molecule has 3 heterocycles. The van der Waals surface area contributed by atoms with E-state index in [9.17, 15) is 4.79 Å². The topological polar surface area (TPSA) is 41.6 Å². The van der Waals surface area contributed by atoms with E-state index in [0.717, 1.165) is 18.0 Å². The summed E-state index contributed by atoms with van der Waals surface area (Å²) in [5.41, 5.74) is 3.69. The second-order valence-electron chi connectivity index (χ2n) is 7.83. The summed E-state index contributed by atoms with van der Waals surface area (Å²) < 4.78 is 6.10. The average Bonchev–Trinajstić information content (AvgIpc) is 3.49. The summed E-state index contributed by atoms with van der Waals surface area (Å²) in [5.74, 6) is -0.0145. The number of hydrogen-bond acceptors (Lipinski definition) is 4. The Morgan fingerprint density at radius 2 is 1.93 bits per heavy atom. The van der Waals surface area contributed by atoms with Gasteiger partial charge in [0.05, 0.1) is 18.7 Å². The molecular formula is C24H24N2O2S. The van der Waals surface area contributed by atoms with Crippen LogP contribution in [0.1, 0.15) is 28.0 Å². The lowest BCUT2D eigenvalue weighted by molar-refractivity contribution is -0.130. The maximum absolute atomic E-state index is 12.8. The molecule has 1 aromatic heterocycles. The van der Waals surface area contributed by atoms with Gasteiger partial charge in [-0.2, -0.15) is 0 Å². The monoisotopic (exact) mass is 404 g/mol. The summed E-state index contributed by atoms with van der Waals surface area (Å²) in [4.78, 5) is 16.4. The molecule has 0 aliphatic carbocycles. The van der Waals surface area contributed by atoms with E-state index < -0.39 is 6.10 Å². The van der Waals surface area contributed by atoms with E-state index in [1.54, 1.807) is 11.3 Å². The Kier molecular flexibility index (Phi) is 4.96. The van der Waals surface area contributed by atoms with E-state index in [2.05, 4.69) is 58.7 Å². The minimum atomic E-state index is -0.417. The van der Waals surface area contributed by atoms with Gasteiger partial charge < -0.3 is 10.1 Å². The van der Waals surface area contributed by atoms with Crippen molar-refractivity contribution in [1.82, 2.24) is 10.2 Å². The molecule has 2 unspecified atom stereocenters. The Bertz CT molecular complexity index is 989. The predicted octanol–water partition coefficient (Wildman–Crippen LogP) is 4.06. The van der Waals surface area contributed by atoms with Crippen molar-refractivity contribution in [2.24, 2.45) is 0 Å². The van der Waals surface area contributed by atoms with E-state index in [0.29, 0.717) is 19.6 Å². The zero-order valence-electron chi connectivity index (χ0n) is 16.2. The van der Waals surface area contributed by atoms with Gasteiger partial charge in [0.2, 0.25) is 5.91 Å². The molecule has 4 nitrogen and oxygen atoms in total. The Labute approximate surface area is 175 Å². The molecule has 1 N–H and O–H groups in total. The summed E-state index contributed by atoms with van der Waals surface area (Å²) in [5, 5.41) is 5.08. The molecule has 1 amide bonds. The van der Waals surface area contributed by atoms with Gasteiger partial charge in [0.25, 0.3) is 0 Å². The third-order valence-corrected chi connectivity index (χ3v) is 6.93. The summed E-state index contributed by atoms with van der Waals surface area (Å²) in [6, 6.07) is 23.2. The van der Waals surface area contributed by atoms with E-state index in [4.69, 9.17) is 4.74 Å². The highest BCUT2D eigenvalue weighted by molar-refractivity contribution is 7.09. The SMILES string of the molecule is O=C(NCc1cccs1)C1CC2(CO1)c1ccccc1CN2Cc1ccccc1. The molecule has 1 saturated heterocycles. The van der Waals surface area contributed by atoms with Crippen molar-refractivity contribution in [2.75, 3.05) is 6.61 Å². The molecule has 1 fully saturated rings. The molecule has 3 aromatic rings. The smallest absolute Gasteiger partial charge is 0.249 e. The maximum atomic E-state index is 12.8. The van der Waals surface area contributed by atoms with Gasteiger partial charge in [-0.05, 0) is 28.1 Å². The number of thiophene rings is 1. The second kappa shape index (κ2) is 7.75. The van der Waals surface area contributed by atoms with Crippen LogP contribution in [0.25, 0.3) is 0 Å². The lowest BCUT2D eigenvalue weighted by Gasteiger charge is -2.34. The lowest BCUT2D eigenvalue weighted by atomic mass is 9.86. The highest BCUT2D eigenvalue weighted by atomic mass is 32.1. The first-order chi connectivity index (χ1) is 14.2. The van der Waals surface area contributed by atoms with Crippen LogP contribution in [0.4, 0.5) is 0 Å². The van der Waals surface area contributed by atoms with E-state index in [-0.39, 0.29) is 11.4 Å². The zero-order chi connectivity index (χ0) is 19.7. The van der Waals surface area contributed by atoms with Crippen LogP contribution in [0.15, 0.2) is 72.1 Å². The molecule has 0 saturated carbocycles. The molecule has 2 aliphatic heterocycles. The van der Waals surface area contributed by atoms with E-state index >= 15 is 0 Å². The molecule has 1 spiro atoms. The molecule has 2 atom stereocenters. The molecule has 29 heavy (non-hydrogen) atoms. The van der Waals surface area contributed by atoms with Crippen LogP contribution in [0.3, 0.4) is 0 Å². The average molecular weight is 405 g/mol. The van der Waals surface area contributed by atoms with Gasteiger partial charge in [-0.1, -0.05) is 60.7 Å². The van der Waals surface area contributed by atoms with Crippen LogP contribution < -0.4 is 5.32 Å². The van der Waals surface area contributed by atoms with Crippen LogP contribution in [0.2, 0.25) is 0 Å². The molecule has 148 valence electrons. The third-order valence-electron chi connectivity index (χ3n) is 6.06. The zero-order valence-corrected chi connectivity index (χ0v) is 17.0. The number of ether oxygens (including phenoxy) is 1. The van der Waals surface area contributed by atoms with Crippen molar-refractivity contribution in [3.8, 4) is 0 Å². The van der Waals surface area contributed by atoms with E-state index in [1.807, 2.05) is 23.6 Å². The number of fused-ring (bicyclic) bond motifs is 2. The summed E-state index contributed by atoms with van der Waals surface area (Å²) in [6.45, 7) is 2.85. The van der Waals surface area contributed by atoms with Crippen molar-refractivity contribution in [1.29, 1.82) is 0 Å². The number of amides is 1. The number of nitrogens with one attached hydrogen (secondary N) is 1. The Balaban J connectivity index is 1.36. The number of nitrogens with zero attached hydrogens (tertiary/aromatic N) is 1. The predicted molar refractivity (Wildman–Crippen MR) is 114 cm³/mol. The number of carbonyl (C=O) groups is 1. The number of benzene rings is 2. The van der Waals surface area contributed by atoms with Crippen LogP contribution in [-0.4, -0.2) is 23.5 Å². The molecular weight excluding hydrogens is 380 g/mol. The van der Waals surface area contributed by atoms with Crippen LogP contribution in [-0.2, 0) is 34.7 Å². The fraction of sp³-hybridized carbons (Fsp3) is 0.292. The van der Waals surface area contributed by atoms with Gasteiger partial charge in [-0.25, -0.2) is 0 Å². The van der Waals surface area contributed by atoms with Gasteiger partial charge in [-0.3, -0.25) is 9.69 Å². The van der Waals surface area contributed by atoms with Crippen molar-refractivity contribution < 1.29 is 9.53 Å². The minimum absolute atomic E-state index is 0.0145. The van der Waals surface area contributed by atoms with Gasteiger partial charge in [0.1, 0.15) is 6.10 Å². The van der Waals surface area contributed by atoms with Gasteiger partial charge in [0, 0.05) is 24.4 Å². The Morgan fingerprint density at radius 1 is 1.10 bits per heavy atom. The van der Waals surface area contributed by atoms with Gasteiger partial charge in [-0.15, -0.1) is 11.3 Å². The third kappa shape index (κ3) is 3.50. The highest BCUT2D eigenvalue weighted by Crippen LogP contribution is 2.47. The first kappa shape index (κ1) is 18.6. The van der Waals surface area contributed by atoms with Crippen molar-refractivity contribution in [2.45, 2.75) is 37.7 Å². The van der Waals surface area contributed by atoms with Crippen molar-refractivity contribution in [3.63, 3.8) is 0 Å². The van der Waals surface area contributed by atoms with Crippen LogP contribution >= 0.6 is 11.3 Å². The first-order valence-electron chi connectivity index (χ1n) is 10.0. The Hall–Kier alpha value is -2.47. The quantitative estimate of drug-likeness (QED) is 0.697. The standard InChI is InChI=1S/C24H24N2O2S/c27-23(25-14-20-10-6-12-29-20)22-13-24(17-28-22)21-11-5-4-9-19(21)16-26(24)15-18-7-2-1-3-8-18/h1-12,22H,13-17H2,(H,25,27). The highest BCUT2D eigenvalue weighted by Gasteiger charge is 2.52.